The Morgan fingerprint density at radius 2 is 1.56 bits per heavy atom. The van der Waals surface area contributed by atoms with Crippen molar-refractivity contribution in [2.45, 2.75) is 71.7 Å². The maximum Gasteiger partial charge on any atom is 0.488 e. The number of hydrogen-bond acceptors (Lipinski definition) is 4. The first-order valence-electron chi connectivity index (χ1n) is 6.61. The van der Waals surface area contributed by atoms with E-state index in [2.05, 4.69) is 6.92 Å². The van der Waals surface area contributed by atoms with Crippen molar-refractivity contribution in [1.29, 1.82) is 0 Å². The Balaban J connectivity index is 2.75. The summed E-state index contributed by atoms with van der Waals surface area (Å²) in [7, 11) is 0.605. The lowest BCUT2D eigenvalue weighted by atomic mass is 9.48. The summed E-state index contributed by atoms with van der Waals surface area (Å²) < 4.78 is 23.2. The molecule has 18 heavy (non-hydrogen) atoms. The Morgan fingerprint density at radius 3 is 1.89 bits per heavy atom. The molecule has 0 unspecified atom stereocenters. The van der Waals surface area contributed by atoms with Gasteiger partial charge in [-0.05, 0) is 48.0 Å². The molecular formula is C12H26B2O4. The van der Waals surface area contributed by atoms with Gasteiger partial charge in [-0.3, -0.25) is 0 Å². The average molecular weight is 256 g/mol. The molecule has 0 atom stereocenters. The first-order valence-corrected chi connectivity index (χ1v) is 6.61. The van der Waals surface area contributed by atoms with Gasteiger partial charge in [0.25, 0.3) is 0 Å². The number of rotatable bonds is 5. The molecule has 0 bridgehead atoms. The molecule has 6 heteroatoms. The minimum absolute atomic E-state index is 0.260. The van der Waals surface area contributed by atoms with Gasteiger partial charge in [0.15, 0.2) is 0 Å². The van der Waals surface area contributed by atoms with E-state index < -0.39 is 14.0 Å². The zero-order valence-corrected chi connectivity index (χ0v) is 13.0. The van der Waals surface area contributed by atoms with E-state index in [0.29, 0.717) is 0 Å². The second-order valence-corrected chi connectivity index (χ2v) is 6.46. The van der Waals surface area contributed by atoms with Gasteiger partial charge in [0, 0.05) is 12.7 Å². The quantitative estimate of drug-likeness (QED) is 0.708. The first kappa shape index (κ1) is 16.0. The molecule has 1 fully saturated rings. The van der Waals surface area contributed by atoms with Crippen molar-refractivity contribution in [2.24, 2.45) is 0 Å². The highest BCUT2D eigenvalue weighted by molar-refractivity contribution is 7.11. The van der Waals surface area contributed by atoms with Crippen LogP contribution in [0.2, 0.25) is 0 Å². The lowest BCUT2D eigenvalue weighted by molar-refractivity contribution is 0.00578. The van der Waals surface area contributed by atoms with Crippen LogP contribution in [0.1, 0.15) is 54.9 Å². The van der Waals surface area contributed by atoms with Gasteiger partial charge >= 0.3 is 14.0 Å². The van der Waals surface area contributed by atoms with Crippen molar-refractivity contribution < 1.29 is 18.6 Å². The Hall–Kier alpha value is -0.0301. The molecule has 0 radical (unpaired) electrons. The first-order chi connectivity index (χ1) is 8.04. The van der Waals surface area contributed by atoms with Gasteiger partial charge in [-0.1, -0.05) is 6.92 Å². The van der Waals surface area contributed by atoms with Crippen LogP contribution in [0.4, 0.5) is 0 Å². The summed E-state index contributed by atoms with van der Waals surface area (Å²) in [6.45, 7) is 14.2. The highest BCUT2D eigenvalue weighted by Crippen LogP contribution is 2.37. The molecule has 4 nitrogen and oxygen atoms in total. The molecule has 0 aromatic rings. The highest BCUT2D eigenvalue weighted by Gasteiger charge is 2.57. The van der Waals surface area contributed by atoms with Crippen LogP contribution in [0, 0.1) is 0 Å². The Bertz CT molecular complexity index is 276. The summed E-state index contributed by atoms with van der Waals surface area (Å²) in [5, 5.41) is 0. The van der Waals surface area contributed by atoms with E-state index >= 15 is 0 Å². The maximum atomic E-state index is 5.94. The third-order valence-electron chi connectivity index (χ3n) is 4.01. The van der Waals surface area contributed by atoms with Gasteiger partial charge in [-0.25, -0.2) is 0 Å². The highest BCUT2D eigenvalue weighted by atomic mass is 16.7. The second-order valence-electron chi connectivity index (χ2n) is 6.46. The Kier molecular flexibility index (Phi) is 4.59. The molecule has 0 spiro atoms. The molecule has 1 aliphatic heterocycles. The van der Waals surface area contributed by atoms with E-state index in [1.165, 1.54) is 0 Å². The molecular weight excluding hydrogens is 230 g/mol. The van der Waals surface area contributed by atoms with Crippen LogP contribution in [0.5, 0.6) is 0 Å². The van der Waals surface area contributed by atoms with Gasteiger partial charge in [-0.2, -0.15) is 0 Å². The van der Waals surface area contributed by atoms with E-state index in [1.54, 1.807) is 7.11 Å². The zero-order valence-electron chi connectivity index (χ0n) is 13.0. The number of hydrogen-bond donors (Lipinski definition) is 0. The molecule has 0 aliphatic carbocycles. The van der Waals surface area contributed by atoms with Crippen molar-refractivity contribution >= 4 is 14.0 Å². The molecule has 1 saturated heterocycles. The molecule has 0 aromatic carbocycles. The summed E-state index contributed by atoms with van der Waals surface area (Å²) in [5.74, 6) is 0. The predicted octanol–water partition coefficient (Wildman–Crippen LogP) is 2.50. The average Bonchev–Trinajstić information content (AvgIpc) is 2.45. The van der Waals surface area contributed by atoms with Crippen molar-refractivity contribution in [3.63, 3.8) is 0 Å². The SMILES string of the molecule is CCC(C)(C)OB(OC)B1OC(C)(C)C(C)(C)O1. The third-order valence-corrected chi connectivity index (χ3v) is 4.01. The van der Waals surface area contributed by atoms with Crippen LogP contribution in [-0.2, 0) is 18.6 Å². The predicted molar refractivity (Wildman–Crippen MR) is 74.3 cm³/mol. The van der Waals surface area contributed by atoms with Crippen molar-refractivity contribution in [3.05, 3.63) is 0 Å². The lowest BCUT2D eigenvalue weighted by Crippen LogP contribution is -2.48. The van der Waals surface area contributed by atoms with E-state index in [9.17, 15) is 0 Å². The minimum Gasteiger partial charge on any atom is -0.416 e. The lowest BCUT2D eigenvalue weighted by Gasteiger charge is -2.32. The van der Waals surface area contributed by atoms with Gasteiger partial charge in [0.2, 0.25) is 0 Å². The van der Waals surface area contributed by atoms with Crippen molar-refractivity contribution in [3.8, 4) is 0 Å². The monoisotopic (exact) mass is 256 g/mol. The molecule has 104 valence electrons. The van der Waals surface area contributed by atoms with E-state index in [0.717, 1.165) is 6.42 Å². The van der Waals surface area contributed by atoms with E-state index in [-0.39, 0.29) is 16.8 Å². The molecule has 0 amide bonds. The molecule has 1 aliphatic rings. The smallest absolute Gasteiger partial charge is 0.416 e. The van der Waals surface area contributed by atoms with Crippen LogP contribution in [0.25, 0.3) is 0 Å². The Morgan fingerprint density at radius 1 is 1.11 bits per heavy atom. The maximum absolute atomic E-state index is 5.94. The topological polar surface area (TPSA) is 36.9 Å². The zero-order chi connectivity index (χ0) is 14.2. The van der Waals surface area contributed by atoms with Gasteiger partial charge in [0.1, 0.15) is 0 Å². The second kappa shape index (κ2) is 5.16. The fourth-order valence-corrected chi connectivity index (χ4v) is 1.61. The van der Waals surface area contributed by atoms with Crippen LogP contribution in [-0.4, -0.2) is 37.9 Å². The normalized spacial score (nSPS) is 22.3. The van der Waals surface area contributed by atoms with Crippen molar-refractivity contribution in [2.75, 3.05) is 7.11 Å². The molecule has 0 saturated carbocycles. The summed E-state index contributed by atoms with van der Waals surface area (Å²) in [6.07, 6.45) is 0.895. The minimum atomic E-state index is -0.513. The summed E-state index contributed by atoms with van der Waals surface area (Å²) in [5.41, 5.74) is -0.993. The summed E-state index contributed by atoms with van der Waals surface area (Å²) in [6, 6.07) is 0. The van der Waals surface area contributed by atoms with Gasteiger partial charge < -0.3 is 18.6 Å². The van der Waals surface area contributed by atoms with Gasteiger partial charge in [0.05, 0.1) is 11.2 Å². The van der Waals surface area contributed by atoms with Crippen LogP contribution >= 0.6 is 0 Å². The fourth-order valence-electron chi connectivity index (χ4n) is 1.61. The van der Waals surface area contributed by atoms with Crippen molar-refractivity contribution in [1.82, 2.24) is 0 Å². The van der Waals surface area contributed by atoms with Crippen LogP contribution in [0.3, 0.4) is 0 Å². The standard InChI is InChI=1S/C12H26B2O4/c1-9-10(2,3)16-13(15-8)14-17-11(4,5)12(6,7)18-14/h9H2,1-8H3. The largest absolute Gasteiger partial charge is 0.488 e. The van der Waals surface area contributed by atoms with Gasteiger partial charge in [-0.15, -0.1) is 0 Å². The Labute approximate surface area is 112 Å². The third kappa shape index (κ3) is 3.29. The summed E-state index contributed by atoms with van der Waals surface area (Å²) >= 11 is 0. The molecule has 1 rings (SSSR count). The molecule has 0 aromatic heterocycles. The fraction of sp³-hybridized carbons (Fsp3) is 1.00. The van der Waals surface area contributed by atoms with E-state index in [4.69, 9.17) is 18.6 Å². The molecule has 1 heterocycles. The van der Waals surface area contributed by atoms with E-state index in [1.807, 2.05) is 41.5 Å². The van der Waals surface area contributed by atoms with Crippen LogP contribution < -0.4 is 0 Å². The van der Waals surface area contributed by atoms with Crippen LogP contribution in [0.15, 0.2) is 0 Å². The molecule has 0 N–H and O–H groups in total. The summed E-state index contributed by atoms with van der Waals surface area (Å²) in [4.78, 5) is 0.